The van der Waals surface area contributed by atoms with Crippen LogP contribution in [0.5, 0.6) is 0 Å². The minimum Gasteiger partial charge on any atom is -0.385 e. The van der Waals surface area contributed by atoms with Crippen LogP contribution in [0.25, 0.3) is 0 Å². The zero-order valence-corrected chi connectivity index (χ0v) is 11.6. The van der Waals surface area contributed by atoms with Gasteiger partial charge in [-0.3, -0.25) is 0 Å². The van der Waals surface area contributed by atoms with Crippen LogP contribution >= 0.6 is 12.2 Å². The maximum Gasteiger partial charge on any atom is 0.168 e. The van der Waals surface area contributed by atoms with Gasteiger partial charge >= 0.3 is 0 Å². The zero-order valence-electron chi connectivity index (χ0n) is 10.8. The fraction of sp³-hybridized carbons (Fsp3) is 0.909. The molecule has 0 saturated heterocycles. The fourth-order valence-electron chi connectivity index (χ4n) is 1.07. The average molecular weight is 248 g/mol. The van der Waals surface area contributed by atoms with Crippen LogP contribution in [0.4, 0.5) is 0 Å². The molecule has 1 N–H and O–H groups in total. The normalized spacial score (nSPS) is 10.6. The predicted molar refractivity (Wildman–Crippen MR) is 70.8 cm³/mol. The minimum absolute atomic E-state index is 0.275. The molecule has 0 amide bonds. The van der Waals surface area contributed by atoms with E-state index in [1.165, 1.54) is 0 Å². The first-order chi connectivity index (χ1) is 7.57. The van der Waals surface area contributed by atoms with Gasteiger partial charge in [-0.2, -0.15) is 0 Å². The lowest BCUT2D eigenvalue weighted by Crippen LogP contribution is -2.39. The maximum absolute atomic E-state index is 5.46. The Balaban J connectivity index is 3.49. The molecule has 0 radical (unpaired) electrons. The summed E-state index contributed by atoms with van der Waals surface area (Å²) in [6, 6.07) is 0. The highest BCUT2D eigenvalue weighted by Gasteiger charge is 2.03. The molecule has 0 aliphatic heterocycles. The van der Waals surface area contributed by atoms with E-state index in [4.69, 9.17) is 21.7 Å². The molecule has 4 nitrogen and oxygen atoms in total. The number of ether oxygens (including phenoxy) is 2. The molecular formula is C11H24N2O2S. The van der Waals surface area contributed by atoms with Crippen LogP contribution in [0.2, 0.25) is 0 Å². The third-order valence-electron chi connectivity index (χ3n) is 2.03. The molecule has 0 spiro atoms. The smallest absolute Gasteiger partial charge is 0.168 e. The SMILES string of the molecule is COCCCNC(=S)N(C)CCOC(C)C. The van der Waals surface area contributed by atoms with Crippen molar-refractivity contribution in [3.63, 3.8) is 0 Å². The van der Waals surface area contributed by atoms with Gasteiger partial charge in [0.05, 0.1) is 12.7 Å². The standard InChI is InChI=1S/C11H24N2O2S/c1-10(2)15-9-7-13(3)11(16)12-6-5-8-14-4/h10H,5-9H2,1-4H3,(H,12,16). The van der Waals surface area contributed by atoms with Crippen molar-refractivity contribution in [3.8, 4) is 0 Å². The molecule has 0 fully saturated rings. The molecule has 0 atom stereocenters. The predicted octanol–water partition coefficient (Wildman–Crippen LogP) is 1.25. The third kappa shape index (κ3) is 8.88. The molecular weight excluding hydrogens is 224 g/mol. The Labute approximate surface area is 104 Å². The van der Waals surface area contributed by atoms with Crippen LogP contribution in [0.3, 0.4) is 0 Å². The van der Waals surface area contributed by atoms with Crippen molar-refractivity contribution in [3.05, 3.63) is 0 Å². The van der Waals surface area contributed by atoms with Gasteiger partial charge in [0.15, 0.2) is 5.11 Å². The van der Waals surface area contributed by atoms with Crippen LogP contribution < -0.4 is 5.32 Å². The van der Waals surface area contributed by atoms with Crippen molar-refractivity contribution in [2.24, 2.45) is 0 Å². The van der Waals surface area contributed by atoms with E-state index in [1.807, 2.05) is 25.8 Å². The Morgan fingerprint density at radius 2 is 2.06 bits per heavy atom. The Hall–Kier alpha value is -0.390. The molecule has 0 aromatic heterocycles. The summed E-state index contributed by atoms with van der Waals surface area (Å²) in [7, 11) is 3.67. The quantitative estimate of drug-likeness (QED) is 0.516. The van der Waals surface area contributed by atoms with Gasteiger partial charge in [0, 0.05) is 33.9 Å². The highest BCUT2D eigenvalue weighted by atomic mass is 32.1. The summed E-state index contributed by atoms with van der Waals surface area (Å²) in [5, 5.41) is 3.94. The molecule has 0 aliphatic carbocycles. The Kier molecular flexibility index (Phi) is 9.57. The van der Waals surface area contributed by atoms with Crippen molar-refractivity contribution in [1.29, 1.82) is 0 Å². The van der Waals surface area contributed by atoms with Gasteiger partial charge in [-0.1, -0.05) is 0 Å². The highest BCUT2D eigenvalue weighted by molar-refractivity contribution is 7.80. The summed E-state index contributed by atoms with van der Waals surface area (Å²) in [5.41, 5.74) is 0. The summed E-state index contributed by atoms with van der Waals surface area (Å²) < 4.78 is 10.4. The van der Waals surface area contributed by atoms with Crippen LogP contribution in [-0.4, -0.2) is 56.6 Å². The van der Waals surface area contributed by atoms with Crippen LogP contribution in [0.1, 0.15) is 20.3 Å². The van der Waals surface area contributed by atoms with Gasteiger partial charge in [0.25, 0.3) is 0 Å². The van der Waals surface area contributed by atoms with E-state index in [1.54, 1.807) is 7.11 Å². The summed E-state index contributed by atoms with van der Waals surface area (Å²) in [4.78, 5) is 1.99. The largest absolute Gasteiger partial charge is 0.385 e. The molecule has 0 heterocycles. The zero-order chi connectivity index (χ0) is 12.4. The molecule has 96 valence electrons. The van der Waals surface area contributed by atoms with Crippen molar-refractivity contribution in [2.45, 2.75) is 26.4 Å². The number of nitrogens with one attached hydrogen (secondary N) is 1. The monoisotopic (exact) mass is 248 g/mol. The fourth-order valence-corrected chi connectivity index (χ4v) is 1.27. The van der Waals surface area contributed by atoms with E-state index < -0.39 is 0 Å². The first-order valence-electron chi connectivity index (χ1n) is 5.67. The topological polar surface area (TPSA) is 33.7 Å². The van der Waals surface area contributed by atoms with Gasteiger partial charge in [0.2, 0.25) is 0 Å². The molecule has 16 heavy (non-hydrogen) atoms. The number of likely N-dealkylation sites (N-methyl/N-ethyl adjacent to an activating group) is 1. The summed E-state index contributed by atoms with van der Waals surface area (Å²) in [6.07, 6.45) is 1.24. The molecule has 0 rings (SSSR count). The lowest BCUT2D eigenvalue weighted by molar-refractivity contribution is 0.0724. The molecule has 0 saturated carbocycles. The van der Waals surface area contributed by atoms with E-state index in [2.05, 4.69) is 5.32 Å². The van der Waals surface area contributed by atoms with Gasteiger partial charge in [0.1, 0.15) is 0 Å². The van der Waals surface area contributed by atoms with Crippen molar-refractivity contribution >= 4 is 17.3 Å². The molecule has 0 aliphatic rings. The van der Waals surface area contributed by atoms with Crippen molar-refractivity contribution in [2.75, 3.05) is 40.5 Å². The maximum atomic E-state index is 5.46. The Morgan fingerprint density at radius 1 is 1.38 bits per heavy atom. The number of rotatable bonds is 8. The highest BCUT2D eigenvalue weighted by Crippen LogP contribution is 1.91. The van der Waals surface area contributed by atoms with Gasteiger partial charge in [-0.15, -0.1) is 0 Å². The summed E-state index contributed by atoms with van der Waals surface area (Å²) >= 11 is 5.22. The average Bonchev–Trinajstić information content (AvgIpc) is 2.23. The summed E-state index contributed by atoms with van der Waals surface area (Å²) in [6.45, 7) is 7.18. The molecule has 0 unspecified atom stereocenters. The van der Waals surface area contributed by atoms with Crippen LogP contribution in [-0.2, 0) is 9.47 Å². The van der Waals surface area contributed by atoms with Gasteiger partial charge in [-0.05, 0) is 32.5 Å². The molecule has 0 aromatic carbocycles. The molecule has 5 heteroatoms. The van der Waals surface area contributed by atoms with Crippen LogP contribution in [0, 0.1) is 0 Å². The van der Waals surface area contributed by atoms with Crippen LogP contribution in [0.15, 0.2) is 0 Å². The second-order valence-electron chi connectivity index (χ2n) is 3.92. The lowest BCUT2D eigenvalue weighted by atomic mass is 10.4. The van der Waals surface area contributed by atoms with E-state index in [9.17, 15) is 0 Å². The summed E-state index contributed by atoms with van der Waals surface area (Å²) in [5.74, 6) is 0. The number of hydrogen-bond donors (Lipinski definition) is 1. The van der Waals surface area contributed by atoms with E-state index in [0.717, 1.165) is 31.2 Å². The number of thiocarbonyl (C=S) groups is 1. The second-order valence-corrected chi connectivity index (χ2v) is 4.31. The van der Waals surface area contributed by atoms with Gasteiger partial charge in [-0.25, -0.2) is 0 Å². The van der Waals surface area contributed by atoms with E-state index in [0.29, 0.717) is 6.61 Å². The Bertz CT molecular complexity index is 189. The number of nitrogens with zero attached hydrogens (tertiary/aromatic N) is 1. The molecule has 0 bridgehead atoms. The number of methoxy groups -OCH3 is 1. The third-order valence-corrected chi connectivity index (χ3v) is 2.48. The van der Waals surface area contributed by atoms with Crippen molar-refractivity contribution in [1.82, 2.24) is 10.2 Å². The number of hydrogen-bond acceptors (Lipinski definition) is 3. The van der Waals surface area contributed by atoms with E-state index in [-0.39, 0.29) is 6.10 Å². The van der Waals surface area contributed by atoms with Gasteiger partial charge < -0.3 is 19.7 Å². The Morgan fingerprint density at radius 3 is 2.62 bits per heavy atom. The second kappa shape index (κ2) is 9.81. The first kappa shape index (κ1) is 15.6. The van der Waals surface area contributed by atoms with E-state index >= 15 is 0 Å². The van der Waals surface area contributed by atoms with Crippen molar-refractivity contribution < 1.29 is 9.47 Å². The first-order valence-corrected chi connectivity index (χ1v) is 6.08. The molecule has 0 aromatic rings. The lowest BCUT2D eigenvalue weighted by Gasteiger charge is -2.21. The minimum atomic E-state index is 0.275.